The van der Waals surface area contributed by atoms with E-state index in [9.17, 15) is 28.0 Å². The first kappa shape index (κ1) is 41.1. The minimum atomic E-state index is -2.86. The average Bonchev–Trinajstić information content (AvgIpc) is 4.11. The normalized spacial score (nSPS) is 24.6. The van der Waals surface area contributed by atoms with Crippen LogP contribution in [0.15, 0.2) is 47.7 Å². The van der Waals surface area contributed by atoms with Crippen molar-refractivity contribution in [2.24, 2.45) is 13.0 Å². The third-order valence-electron chi connectivity index (χ3n) is 13.5. The van der Waals surface area contributed by atoms with Gasteiger partial charge in [-0.25, -0.2) is 23.1 Å². The third-order valence-corrected chi connectivity index (χ3v) is 13.5. The Morgan fingerprint density at radius 3 is 2.63 bits per heavy atom. The van der Waals surface area contributed by atoms with Crippen molar-refractivity contribution in [1.29, 1.82) is 0 Å². The second kappa shape index (κ2) is 17.0. The van der Waals surface area contributed by atoms with Crippen LogP contribution >= 0.6 is 0 Å². The van der Waals surface area contributed by atoms with Gasteiger partial charge in [-0.05, 0) is 75.6 Å². The van der Waals surface area contributed by atoms with Crippen molar-refractivity contribution >= 4 is 45.9 Å². The summed E-state index contributed by atoms with van der Waals surface area (Å²) in [5.74, 6) is 6.46. The number of aryl methyl sites for hydroxylation is 1. The van der Waals surface area contributed by atoms with Gasteiger partial charge in [-0.3, -0.25) is 38.4 Å². The molecule has 5 aliphatic rings. The fourth-order valence-corrected chi connectivity index (χ4v) is 10.2. The molecule has 0 radical (unpaired) electrons. The van der Waals surface area contributed by atoms with Gasteiger partial charge < -0.3 is 19.9 Å². The maximum absolute atomic E-state index is 14.3. The second-order valence-corrected chi connectivity index (χ2v) is 17.5. The monoisotopic (exact) mass is 864 g/mol. The van der Waals surface area contributed by atoms with E-state index < -0.39 is 30.0 Å². The molecule has 5 aromatic rings. The predicted molar refractivity (Wildman–Crippen MR) is 228 cm³/mol. The number of imide groups is 1. The maximum Gasteiger partial charge on any atom is 0.329 e. The summed E-state index contributed by atoms with van der Waals surface area (Å²) in [7, 11) is 1.68. The number of fused-ring (bicyclic) bond motifs is 4. The van der Waals surface area contributed by atoms with Gasteiger partial charge in [0.05, 0.1) is 59.8 Å². The molecule has 3 atom stereocenters. The number of anilines is 2. The minimum absolute atomic E-state index is 0.00743. The Hall–Kier alpha value is -5.97. The molecule has 63 heavy (non-hydrogen) atoms. The SMILES string of the molecule is Cn1c(=O)n(C2CCC(=O)NC2=O)c2cccc(C#CCN3CCCN(C[C@H]4CC[C@H](n5cc(NC(=O)c6cnn7ccc(N8C[C@H]9C[C@@H]8CO9)nc67)c(C(F)F)n5)CC4)CC3)c21. The molecule has 1 saturated carbocycles. The molecule has 0 spiro atoms. The largest absolute Gasteiger partial charge is 0.374 e. The van der Waals surface area contributed by atoms with Gasteiger partial charge in [0, 0.05) is 58.6 Å². The van der Waals surface area contributed by atoms with Crippen molar-refractivity contribution in [2.75, 3.05) is 62.6 Å². The van der Waals surface area contributed by atoms with E-state index in [1.54, 1.807) is 24.1 Å². The summed E-state index contributed by atoms with van der Waals surface area (Å²) in [5, 5.41) is 13.6. The molecule has 2 bridgehead atoms. The number of halogens is 2. The lowest BCUT2D eigenvalue weighted by Crippen LogP contribution is -2.44. The molecule has 10 rings (SSSR count). The molecule has 1 aliphatic carbocycles. The van der Waals surface area contributed by atoms with Crippen LogP contribution in [0.5, 0.6) is 0 Å². The number of carbonyl (C=O) groups is 3. The minimum Gasteiger partial charge on any atom is -0.374 e. The van der Waals surface area contributed by atoms with E-state index in [-0.39, 0.29) is 53.9 Å². The van der Waals surface area contributed by atoms with Gasteiger partial charge in [-0.2, -0.15) is 10.2 Å². The van der Waals surface area contributed by atoms with E-state index in [1.165, 1.54) is 19.8 Å². The van der Waals surface area contributed by atoms with Gasteiger partial charge in [0.25, 0.3) is 12.3 Å². The number of hydrogen-bond donors (Lipinski definition) is 2. The van der Waals surface area contributed by atoms with Crippen molar-refractivity contribution in [3.05, 3.63) is 70.2 Å². The molecule has 8 heterocycles. The lowest BCUT2D eigenvalue weighted by Gasteiger charge is -2.32. The summed E-state index contributed by atoms with van der Waals surface area (Å²) >= 11 is 0. The number of benzene rings is 1. The molecule has 4 aromatic heterocycles. The van der Waals surface area contributed by atoms with Gasteiger partial charge in [0.2, 0.25) is 11.8 Å². The predicted octanol–water partition coefficient (Wildman–Crippen LogP) is 3.52. The van der Waals surface area contributed by atoms with Gasteiger partial charge in [-0.15, -0.1) is 0 Å². The number of morpholine rings is 1. The molecule has 1 aromatic carbocycles. The molecule has 2 N–H and O–H groups in total. The number of aromatic nitrogens is 7. The van der Waals surface area contributed by atoms with Crippen molar-refractivity contribution in [3.63, 3.8) is 0 Å². The van der Waals surface area contributed by atoms with E-state index in [0.717, 1.165) is 83.6 Å². The van der Waals surface area contributed by atoms with Crippen LogP contribution in [0, 0.1) is 17.8 Å². The highest BCUT2D eigenvalue weighted by atomic mass is 19.3. The Bertz CT molecular complexity index is 2700. The summed E-state index contributed by atoms with van der Waals surface area (Å²) in [6.45, 7) is 6.62. The van der Waals surface area contributed by atoms with Crippen LogP contribution < -0.4 is 21.2 Å². The van der Waals surface area contributed by atoms with Crippen molar-refractivity contribution in [2.45, 2.75) is 82.0 Å². The van der Waals surface area contributed by atoms with E-state index in [0.29, 0.717) is 41.3 Å². The van der Waals surface area contributed by atoms with Crippen LogP contribution in [0.2, 0.25) is 0 Å². The Morgan fingerprint density at radius 2 is 1.86 bits per heavy atom. The number of alkyl halides is 2. The number of carbonyl (C=O) groups excluding carboxylic acids is 3. The maximum atomic E-state index is 14.3. The van der Waals surface area contributed by atoms with Gasteiger partial charge in [0.1, 0.15) is 17.4 Å². The molecule has 4 saturated heterocycles. The summed E-state index contributed by atoms with van der Waals surface area (Å²) in [4.78, 5) is 63.1. The molecular formula is C44H50F2N12O5. The van der Waals surface area contributed by atoms with Gasteiger partial charge in [-0.1, -0.05) is 17.9 Å². The highest BCUT2D eigenvalue weighted by molar-refractivity contribution is 6.08. The van der Waals surface area contributed by atoms with Gasteiger partial charge in [0.15, 0.2) is 11.3 Å². The number of para-hydroxylation sites is 1. The molecule has 1 unspecified atom stereocenters. The van der Waals surface area contributed by atoms with Crippen LogP contribution in [0.25, 0.3) is 16.7 Å². The zero-order valence-corrected chi connectivity index (χ0v) is 35.1. The number of nitrogens with one attached hydrogen (secondary N) is 2. The van der Waals surface area contributed by atoms with Crippen molar-refractivity contribution < 1.29 is 27.9 Å². The zero-order chi connectivity index (χ0) is 43.4. The second-order valence-electron chi connectivity index (χ2n) is 17.5. The highest BCUT2D eigenvalue weighted by Gasteiger charge is 2.40. The third kappa shape index (κ3) is 8.00. The fraction of sp³-hybridized carbons (Fsp3) is 0.523. The molecule has 4 aliphatic heterocycles. The Kier molecular flexibility index (Phi) is 11.1. The number of piperidine rings is 1. The van der Waals surface area contributed by atoms with Crippen LogP contribution in [0.1, 0.15) is 91.5 Å². The standard InChI is InChI=1S/C44H50F2N12O5/c1-52-39-28(5-2-7-34(39)58(44(52)62)35-12-13-37(59)50-43(35)61)6-3-15-53-16-4-17-54(20-19-53)23-27-8-10-29(11-9-27)57-25-33(38(51-57)40(45)46)48-42(60)32-22-47-56-18-14-36(49-41(32)56)55-24-31-21-30(55)26-63-31/h2,5,7,14,18,22,25,27,29-31,35,40H,4,8-13,15-17,19-21,23-24,26H2,1H3,(H,48,60)(H,50,59,61)/t27-,29-,30-,31-,35?/m1/s1. The molecular weight excluding hydrogens is 815 g/mol. The average molecular weight is 865 g/mol. The number of imidazole rings is 1. The van der Waals surface area contributed by atoms with Gasteiger partial charge >= 0.3 is 5.69 Å². The Morgan fingerprint density at radius 1 is 1.03 bits per heavy atom. The molecule has 5 fully saturated rings. The van der Waals surface area contributed by atoms with E-state index in [4.69, 9.17) is 9.72 Å². The zero-order valence-electron chi connectivity index (χ0n) is 35.1. The first-order chi connectivity index (χ1) is 30.6. The summed E-state index contributed by atoms with van der Waals surface area (Å²) < 4.78 is 40.5. The summed E-state index contributed by atoms with van der Waals surface area (Å²) in [5.41, 5.74) is 1.76. The molecule has 330 valence electrons. The fourth-order valence-electron chi connectivity index (χ4n) is 10.2. The lowest BCUT2D eigenvalue weighted by atomic mass is 9.85. The van der Waals surface area contributed by atoms with Crippen LogP contribution in [-0.4, -0.2) is 126 Å². The summed E-state index contributed by atoms with van der Waals surface area (Å²) in [6, 6.07) is 6.84. The molecule has 17 nitrogen and oxygen atoms in total. The smallest absolute Gasteiger partial charge is 0.329 e. The van der Waals surface area contributed by atoms with E-state index in [2.05, 4.69) is 47.4 Å². The first-order valence-corrected chi connectivity index (χ1v) is 22.0. The van der Waals surface area contributed by atoms with E-state index in [1.807, 2.05) is 24.3 Å². The van der Waals surface area contributed by atoms with Crippen LogP contribution in [0.4, 0.5) is 20.3 Å². The first-order valence-electron chi connectivity index (χ1n) is 22.0. The van der Waals surface area contributed by atoms with E-state index >= 15 is 0 Å². The number of rotatable bonds is 9. The number of ether oxygens (including phenoxy) is 1. The van der Waals surface area contributed by atoms with Crippen molar-refractivity contribution in [1.82, 2.24) is 48.6 Å². The molecule has 3 amide bonds. The number of amides is 3. The Labute approximate surface area is 361 Å². The van der Waals surface area contributed by atoms with Crippen LogP contribution in [0.3, 0.4) is 0 Å². The highest BCUT2D eigenvalue weighted by Crippen LogP contribution is 2.36. The number of hydrogen-bond acceptors (Lipinski definition) is 11. The Balaban J connectivity index is 0.728. The van der Waals surface area contributed by atoms with Crippen LogP contribution in [-0.2, 0) is 21.4 Å². The molecule has 19 heteroatoms. The quantitative estimate of drug-likeness (QED) is 0.164. The topological polar surface area (TPSA) is 169 Å². The summed E-state index contributed by atoms with van der Waals surface area (Å²) in [6.07, 6.45) is 7.93. The number of nitrogens with zero attached hydrogens (tertiary/aromatic N) is 10. The lowest BCUT2D eigenvalue weighted by molar-refractivity contribution is -0.135. The van der Waals surface area contributed by atoms with Crippen molar-refractivity contribution in [3.8, 4) is 11.8 Å².